The summed E-state index contributed by atoms with van der Waals surface area (Å²) < 4.78 is 4.80. The van der Waals surface area contributed by atoms with Crippen molar-refractivity contribution in [2.24, 2.45) is 0 Å². The molecule has 0 aliphatic carbocycles. The highest BCUT2D eigenvalue weighted by atomic mass is 16.5. The van der Waals surface area contributed by atoms with Crippen LogP contribution in [0.25, 0.3) is 0 Å². The monoisotopic (exact) mass is 222 g/mol. The minimum atomic E-state index is -0.344. The zero-order chi connectivity index (χ0) is 11.5. The van der Waals surface area contributed by atoms with Gasteiger partial charge in [0.2, 0.25) is 0 Å². The third-order valence-electron chi connectivity index (χ3n) is 1.96. The Kier molecular flexibility index (Phi) is 2.63. The summed E-state index contributed by atoms with van der Waals surface area (Å²) in [5, 5.41) is 19.5. The number of aryl methyl sites for hydroxylation is 1. The first-order valence-electron chi connectivity index (χ1n) is 4.64. The lowest BCUT2D eigenvalue weighted by Gasteiger charge is -2.07. The molecule has 1 atom stereocenters. The van der Waals surface area contributed by atoms with Gasteiger partial charge in [0.25, 0.3) is 5.91 Å². The predicted molar refractivity (Wildman–Crippen MR) is 51.3 cm³/mol. The Hall–Kier alpha value is -2.25. The van der Waals surface area contributed by atoms with Gasteiger partial charge in [0.05, 0.1) is 6.04 Å². The molecule has 0 aromatic carbocycles. The average molecular weight is 222 g/mol. The maximum absolute atomic E-state index is 11.6. The van der Waals surface area contributed by atoms with Crippen LogP contribution in [0.4, 0.5) is 0 Å². The van der Waals surface area contributed by atoms with E-state index < -0.39 is 0 Å². The molecule has 0 saturated carbocycles. The molecular formula is C8H10N6O2. The van der Waals surface area contributed by atoms with E-state index >= 15 is 0 Å². The number of rotatable bonds is 3. The Morgan fingerprint density at radius 1 is 1.62 bits per heavy atom. The van der Waals surface area contributed by atoms with E-state index in [-0.39, 0.29) is 17.6 Å². The number of tetrazole rings is 1. The molecule has 0 radical (unpaired) electrons. The second-order valence-electron chi connectivity index (χ2n) is 3.29. The highest BCUT2D eigenvalue weighted by molar-refractivity contribution is 5.92. The summed E-state index contributed by atoms with van der Waals surface area (Å²) >= 11 is 0. The quantitative estimate of drug-likeness (QED) is 0.755. The van der Waals surface area contributed by atoms with Crippen molar-refractivity contribution in [1.29, 1.82) is 0 Å². The van der Waals surface area contributed by atoms with Gasteiger partial charge in [-0.3, -0.25) is 4.79 Å². The fraction of sp³-hybridized carbons (Fsp3) is 0.375. The van der Waals surface area contributed by atoms with Crippen LogP contribution in [0.2, 0.25) is 0 Å². The van der Waals surface area contributed by atoms with Crippen molar-refractivity contribution in [3.05, 3.63) is 23.3 Å². The molecule has 1 amide bonds. The van der Waals surface area contributed by atoms with Gasteiger partial charge in [-0.05, 0) is 13.8 Å². The lowest BCUT2D eigenvalue weighted by atomic mass is 10.3. The van der Waals surface area contributed by atoms with E-state index in [0.717, 1.165) is 0 Å². The number of carbonyl (C=O) groups is 1. The number of nitrogens with one attached hydrogen (secondary N) is 2. The van der Waals surface area contributed by atoms with E-state index in [1.54, 1.807) is 19.9 Å². The van der Waals surface area contributed by atoms with Gasteiger partial charge >= 0.3 is 0 Å². The van der Waals surface area contributed by atoms with Gasteiger partial charge in [0, 0.05) is 6.07 Å². The first-order valence-corrected chi connectivity index (χ1v) is 4.64. The number of H-pyrrole nitrogens is 1. The van der Waals surface area contributed by atoms with Crippen LogP contribution in [0, 0.1) is 6.92 Å². The lowest BCUT2D eigenvalue weighted by molar-refractivity contribution is 0.0929. The van der Waals surface area contributed by atoms with E-state index in [9.17, 15) is 4.79 Å². The van der Waals surface area contributed by atoms with Crippen LogP contribution in [0.1, 0.15) is 35.0 Å². The Bertz CT molecular complexity index is 476. The van der Waals surface area contributed by atoms with Crippen LogP contribution in [-0.2, 0) is 0 Å². The summed E-state index contributed by atoms with van der Waals surface area (Å²) in [6, 6.07) is 1.21. The molecule has 0 saturated heterocycles. The van der Waals surface area contributed by atoms with Crippen molar-refractivity contribution >= 4 is 5.91 Å². The van der Waals surface area contributed by atoms with Gasteiger partial charge < -0.3 is 9.84 Å². The predicted octanol–water partition coefficient (Wildman–Crippen LogP) is -0.0129. The van der Waals surface area contributed by atoms with Crippen molar-refractivity contribution in [2.75, 3.05) is 0 Å². The summed E-state index contributed by atoms with van der Waals surface area (Å²) in [5.41, 5.74) is 0.229. The van der Waals surface area contributed by atoms with Gasteiger partial charge in [-0.25, -0.2) is 0 Å². The van der Waals surface area contributed by atoms with E-state index in [1.807, 2.05) is 0 Å². The molecule has 0 spiro atoms. The summed E-state index contributed by atoms with van der Waals surface area (Å²) in [5.74, 6) is 0.653. The van der Waals surface area contributed by atoms with Crippen LogP contribution in [-0.4, -0.2) is 31.7 Å². The largest absolute Gasteiger partial charge is 0.361 e. The number of hydrogen-bond donors (Lipinski definition) is 2. The third kappa shape index (κ3) is 2.05. The number of aromatic amines is 1. The molecule has 2 aromatic heterocycles. The normalized spacial score (nSPS) is 12.4. The number of carbonyl (C=O) groups excluding carboxylic acids is 1. The molecule has 0 bridgehead atoms. The Balaban J connectivity index is 2.03. The standard InChI is InChI=1S/C8H10N6O2/c1-4-3-6(12-16-4)8(15)9-5(2)7-10-13-14-11-7/h3,5H,1-2H3,(H,9,15)(H,10,11,13,14). The molecular weight excluding hydrogens is 212 g/mol. The fourth-order valence-corrected chi connectivity index (χ4v) is 1.16. The van der Waals surface area contributed by atoms with Crippen LogP contribution in [0.15, 0.2) is 10.6 Å². The van der Waals surface area contributed by atoms with E-state index in [1.165, 1.54) is 0 Å². The highest BCUT2D eigenvalue weighted by Crippen LogP contribution is 2.06. The van der Waals surface area contributed by atoms with E-state index in [4.69, 9.17) is 4.52 Å². The Morgan fingerprint density at radius 3 is 3.00 bits per heavy atom. The summed E-state index contributed by atoms with van der Waals surface area (Å²) in [4.78, 5) is 11.6. The van der Waals surface area contributed by atoms with Crippen molar-refractivity contribution < 1.29 is 9.32 Å². The molecule has 84 valence electrons. The topological polar surface area (TPSA) is 110 Å². The molecule has 0 aliphatic rings. The van der Waals surface area contributed by atoms with Crippen LogP contribution >= 0.6 is 0 Å². The maximum atomic E-state index is 11.6. The first kappa shape index (κ1) is 10.3. The minimum absolute atomic E-state index is 0.229. The first-order chi connectivity index (χ1) is 7.66. The summed E-state index contributed by atoms with van der Waals surface area (Å²) in [7, 11) is 0. The third-order valence-corrected chi connectivity index (χ3v) is 1.96. The van der Waals surface area contributed by atoms with Crippen LogP contribution < -0.4 is 5.32 Å². The minimum Gasteiger partial charge on any atom is -0.361 e. The highest BCUT2D eigenvalue weighted by Gasteiger charge is 2.17. The van der Waals surface area contributed by atoms with Gasteiger partial charge in [-0.15, -0.1) is 10.2 Å². The van der Waals surface area contributed by atoms with Crippen molar-refractivity contribution in [3.63, 3.8) is 0 Å². The van der Waals surface area contributed by atoms with E-state index in [0.29, 0.717) is 11.6 Å². The van der Waals surface area contributed by atoms with Crippen molar-refractivity contribution in [1.82, 2.24) is 31.1 Å². The Labute approximate surface area is 90.4 Å². The molecule has 2 rings (SSSR count). The van der Waals surface area contributed by atoms with Gasteiger partial charge in [-0.1, -0.05) is 10.4 Å². The Morgan fingerprint density at radius 2 is 2.44 bits per heavy atom. The average Bonchev–Trinajstić information content (AvgIpc) is 2.87. The summed E-state index contributed by atoms with van der Waals surface area (Å²) in [6.07, 6.45) is 0. The molecule has 8 nitrogen and oxygen atoms in total. The van der Waals surface area contributed by atoms with Crippen LogP contribution in [0.5, 0.6) is 0 Å². The molecule has 2 aromatic rings. The molecule has 0 fully saturated rings. The van der Waals surface area contributed by atoms with Gasteiger partial charge in [-0.2, -0.15) is 5.21 Å². The molecule has 2 heterocycles. The molecule has 0 aliphatic heterocycles. The number of aromatic nitrogens is 5. The molecule has 16 heavy (non-hydrogen) atoms. The zero-order valence-electron chi connectivity index (χ0n) is 8.76. The second kappa shape index (κ2) is 4.09. The second-order valence-corrected chi connectivity index (χ2v) is 3.29. The smallest absolute Gasteiger partial charge is 0.274 e. The SMILES string of the molecule is Cc1cc(C(=O)NC(C)c2nn[nH]n2)no1. The maximum Gasteiger partial charge on any atom is 0.274 e. The lowest BCUT2D eigenvalue weighted by Crippen LogP contribution is -2.27. The van der Waals surface area contributed by atoms with Crippen molar-refractivity contribution in [3.8, 4) is 0 Å². The number of nitrogens with zero attached hydrogens (tertiary/aromatic N) is 4. The number of amides is 1. The number of hydrogen-bond acceptors (Lipinski definition) is 6. The zero-order valence-corrected chi connectivity index (χ0v) is 8.76. The fourth-order valence-electron chi connectivity index (χ4n) is 1.16. The molecule has 8 heteroatoms. The van der Waals surface area contributed by atoms with E-state index in [2.05, 4.69) is 31.1 Å². The van der Waals surface area contributed by atoms with Gasteiger partial charge in [0.15, 0.2) is 11.5 Å². The van der Waals surface area contributed by atoms with Crippen LogP contribution in [0.3, 0.4) is 0 Å². The molecule has 1 unspecified atom stereocenters. The summed E-state index contributed by atoms with van der Waals surface area (Å²) in [6.45, 7) is 3.46. The van der Waals surface area contributed by atoms with Gasteiger partial charge in [0.1, 0.15) is 5.76 Å². The molecule has 2 N–H and O–H groups in total. The van der Waals surface area contributed by atoms with Crippen molar-refractivity contribution in [2.45, 2.75) is 19.9 Å².